The number of fused-ring (bicyclic) bond motifs is 1. The van der Waals surface area contributed by atoms with Crippen molar-refractivity contribution in [2.24, 2.45) is 17.6 Å². The second-order valence-corrected chi connectivity index (χ2v) is 5.01. The van der Waals surface area contributed by atoms with E-state index in [0.29, 0.717) is 11.8 Å². The maximum Gasteiger partial charge on any atom is 0.323 e. The smallest absolute Gasteiger partial charge is 0.323 e. The summed E-state index contributed by atoms with van der Waals surface area (Å²) in [5.41, 5.74) is 8.76. The summed E-state index contributed by atoms with van der Waals surface area (Å²) in [6.45, 7) is 6.49. The lowest BCUT2D eigenvalue weighted by Gasteiger charge is -2.23. The third kappa shape index (κ3) is 2.26. The molecular formula is C13H19N3O. The number of hydrogen-bond acceptors (Lipinski definition) is 2. The number of imidazole rings is 1. The Hall–Kier alpha value is -1.55. The Kier molecular flexibility index (Phi) is 3.07. The number of aromatic nitrogens is 2. The Morgan fingerprint density at radius 1 is 1.12 bits per heavy atom. The van der Waals surface area contributed by atoms with Gasteiger partial charge in [0.15, 0.2) is 0 Å². The van der Waals surface area contributed by atoms with Crippen LogP contribution in [0.1, 0.15) is 32.4 Å². The zero-order valence-corrected chi connectivity index (χ0v) is 10.4. The van der Waals surface area contributed by atoms with Crippen LogP contribution in [0.3, 0.4) is 0 Å². The summed E-state index contributed by atoms with van der Waals surface area (Å²) < 4.78 is 0. The van der Waals surface area contributed by atoms with Gasteiger partial charge in [0.05, 0.1) is 11.0 Å². The summed E-state index contributed by atoms with van der Waals surface area (Å²) in [6, 6.07) is 5.83. The molecule has 4 nitrogen and oxygen atoms in total. The van der Waals surface area contributed by atoms with Gasteiger partial charge in [-0.15, -0.1) is 0 Å². The average molecular weight is 233 g/mol. The third-order valence-electron chi connectivity index (χ3n) is 3.54. The van der Waals surface area contributed by atoms with Crippen molar-refractivity contribution in [2.45, 2.75) is 26.8 Å². The number of aromatic amines is 2. The van der Waals surface area contributed by atoms with Gasteiger partial charge in [-0.05, 0) is 29.5 Å². The first kappa shape index (κ1) is 11.9. The molecule has 0 bridgehead atoms. The van der Waals surface area contributed by atoms with E-state index in [-0.39, 0.29) is 11.7 Å². The molecule has 2 aromatic rings. The molecule has 0 radical (unpaired) electrons. The summed E-state index contributed by atoms with van der Waals surface area (Å²) in [6.07, 6.45) is 0. The van der Waals surface area contributed by atoms with Gasteiger partial charge >= 0.3 is 5.69 Å². The Morgan fingerprint density at radius 2 is 1.76 bits per heavy atom. The Balaban J connectivity index is 2.38. The highest BCUT2D eigenvalue weighted by Gasteiger charge is 2.18. The fraction of sp³-hybridized carbons (Fsp3) is 0.462. The van der Waals surface area contributed by atoms with Crippen molar-refractivity contribution in [1.82, 2.24) is 9.97 Å². The van der Waals surface area contributed by atoms with Crippen molar-refractivity contribution < 1.29 is 0 Å². The molecule has 0 amide bonds. The molecule has 0 saturated heterocycles. The van der Waals surface area contributed by atoms with Crippen LogP contribution in [-0.2, 0) is 0 Å². The van der Waals surface area contributed by atoms with Crippen LogP contribution in [0.2, 0.25) is 0 Å². The standard InChI is InChI=1S/C13H19N3O/c1-7(2)8(3)12(14)9-4-5-10-11(6-9)16-13(17)15-10/h4-8,12H,14H2,1-3H3,(H2,15,16,17). The van der Waals surface area contributed by atoms with Crippen molar-refractivity contribution in [3.8, 4) is 0 Å². The molecule has 0 aliphatic carbocycles. The van der Waals surface area contributed by atoms with E-state index in [9.17, 15) is 4.79 Å². The topological polar surface area (TPSA) is 74.7 Å². The van der Waals surface area contributed by atoms with Gasteiger partial charge in [-0.2, -0.15) is 0 Å². The van der Waals surface area contributed by atoms with E-state index in [1.807, 2.05) is 18.2 Å². The van der Waals surface area contributed by atoms with Crippen LogP contribution < -0.4 is 11.4 Å². The van der Waals surface area contributed by atoms with Gasteiger partial charge in [-0.25, -0.2) is 4.79 Å². The number of hydrogen-bond donors (Lipinski definition) is 3. The second-order valence-electron chi connectivity index (χ2n) is 5.01. The van der Waals surface area contributed by atoms with Crippen LogP contribution in [-0.4, -0.2) is 9.97 Å². The van der Waals surface area contributed by atoms with Crippen molar-refractivity contribution in [3.63, 3.8) is 0 Å². The fourth-order valence-electron chi connectivity index (χ4n) is 1.98. The molecule has 17 heavy (non-hydrogen) atoms. The van der Waals surface area contributed by atoms with E-state index in [2.05, 4.69) is 30.7 Å². The zero-order chi connectivity index (χ0) is 12.6. The maximum absolute atomic E-state index is 11.2. The van der Waals surface area contributed by atoms with E-state index in [0.717, 1.165) is 16.6 Å². The Labute approximate surface area is 100 Å². The Bertz CT molecular complexity index is 567. The van der Waals surface area contributed by atoms with Crippen molar-refractivity contribution >= 4 is 11.0 Å². The van der Waals surface area contributed by atoms with Crippen LogP contribution in [0, 0.1) is 11.8 Å². The predicted molar refractivity (Wildman–Crippen MR) is 69.8 cm³/mol. The molecule has 0 aliphatic rings. The molecule has 2 unspecified atom stereocenters. The molecule has 0 fully saturated rings. The molecule has 1 aromatic heterocycles. The largest absolute Gasteiger partial charge is 0.324 e. The Morgan fingerprint density at radius 3 is 2.41 bits per heavy atom. The van der Waals surface area contributed by atoms with Gasteiger partial charge < -0.3 is 15.7 Å². The first-order valence-corrected chi connectivity index (χ1v) is 5.96. The maximum atomic E-state index is 11.2. The molecule has 4 heteroatoms. The van der Waals surface area contributed by atoms with E-state index < -0.39 is 0 Å². The van der Waals surface area contributed by atoms with Crippen LogP contribution in [0.4, 0.5) is 0 Å². The molecule has 2 rings (SSSR count). The van der Waals surface area contributed by atoms with Gasteiger partial charge in [0.2, 0.25) is 0 Å². The molecule has 2 atom stereocenters. The summed E-state index contributed by atoms with van der Waals surface area (Å²) in [7, 11) is 0. The molecule has 1 aromatic carbocycles. The molecule has 0 spiro atoms. The highest BCUT2D eigenvalue weighted by atomic mass is 16.1. The molecular weight excluding hydrogens is 214 g/mol. The average Bonchev–Trinajstić information content (AvgIpc) is 2.65. The zero-order valence-electron chi connectivity index (χ0n) is 10.4. The predicted octanol–water partition coefficient (Wildman–Crippen LogP) is 2.15. The first-order chi connectivity index (χ1) is 7.99. The minimum atomic E-state index is -0.178. The highest BCUT2D eigenvalue weighted by Crippen LogP contribution is 2.26. The summed E-state index contributed by atoms with van der Waals surface area (Å²) in [4.78, 5) is 16.6. The lowest BCUT2D eigenvalue weighted by Crippen LogP contribution is -2.23. The van der Waals surface area contributed by atoms with Crippen LogP contribution in [0.25, 0.3) is 11.0 Å². The normalized spacial score (nSPS) is 15.4. The molecule has 0 saturated carbocycles. The molecule has 4 N–H and O–H groups in total. The number of rotatable bonds is 3. The quantitative estimate of drug-likeness (QED) is 0.759. The third-order valence-corrected chi connectivity index (χ3v) is 3.54. The van der Waals surface area contributed by atoms with E-state index in [1.165, 1.54) is 0 Å². The number of nitrogens with one attached hydrogen (secondary N) is 2. The van der Waals surface area contributed by atoms with E-state index >= 15 is 0 Å². The minimum Gasteiger partial charge on any atom is -0.324 e. The summed E-state index contributed by atoms with van der Waals surface area (Å²) >= 11 is 0. The number of benzene rings is 1. The SMILES string of the molecule is CC(C)C(C)C(N)c1ccc2[nH]c(=O)[nH]c2c1. The van der Waals surface area contributed by atoms with Gasteiger partial charge in [-0.3, -0.25) is 0 Å². The molecule has 0 aliphatic heterocycles. The lowest BCUT2D eigenvalue weighted by molar-refractivity contribution is 0.352. The van der Waals surface area contributed by atoms with Gasteiger partial charge in [-0.1, -0.05) is 26.8 Å². The highest BCUT2D eigenvalue weighted by molar-refractivity contribution is 5.75. The van der Waals surface area contributed by atoms with Crippen molar-refractivity contribution in [3.05, 3.63) is 34.2 Å². The van der Waals surface area contributed by atoms with Gasteiger partial charge in [0.1, 0.15) is 0 Å². The van der Waals surface area contributed by atoms with Crippen LogP contribution >= 0.6 is 0 Å². The monoisotopic (exact) mass is 233 g/mol. The second kappa shape index (κ2) is 4.37. The van der Waals surface area contributed by atoms with Crippen molar-refractivity contribution in [2.75, 3.05) is 0 Å². The lowest BCUT2D eigenvalue weighted by atomic mass is 9.86. The first-order valence-electron chi connectivity index (χ1n) is 5.96. The van der Waals surface area contributed by atoms with Gasteiger partial charge in [0, 0.05) is 6.04 Å². The number of nitrogens with two attached hydrogens (primary N) is 1. The van der Waals surface area contributed by atoms with Crippen LogP contribution in [0.15, 0.2) is 23.0 Å². The van der Waals surface area contributed by atoms with E-state index in [4.69, 9.17) is 5.73 Å². The molecule has 1 heterocycles. The minimum absolute atomic E-state index is 0.00204. The summed E-state index contributed by atoms with van der Waals surface area (Å²) in [5.74, 6) is 0.934. The van der Waals surface area contributed by atoms with E-state index in [1.54, 1.807) is 0 Å². The fourth-order valence-corrected chi connectivity index (χ4v) is 1.98. The van der Waals surface area contributed by atoms with Gasteiger partial charge in [0.25, 0.3) is 0 Å². The van der Waals surface area contributed by atoms with Crippen molar-refractivity contribution in [1.29, 1.82) is 0 Å². The summed E-state index contributed by atoms with van der Waals surface area (Å²) in [5, 5.41) is 0. The molecule has 92 valence electrons. The number of H-pyrrole nitrogens is 2. The van der Waals surface area contributed by atoms with Crippen LogP contribution in [0.5, 0.6) is 0 Å².